The Morgan fingerprint density at radius 3 is 1.45 bits per heavy atom. The lowest BCUT2D eigenvalue weighted by Crippen LogP contribution is -2.23. The Balaban J connectivity index is 0.000000224. The number of aliphatic carboxylic acids is 2. The normalized spacial score (nSPS) is 18.3. The number of carboxylic acids is 2. The number of nitrogens with zero attached hydrogens (tertiary/aromatic N) is 2. The lowest BCUT2D eigenvalue weighted by atomic mass is 10.2. The molecule has 40 heavy (non-hydrogen) atoms. The van der Waals surface area contributed by atoms with Gasteiger partial charge in [0, 0.05) is 36.5 Å². The van der Waals surface area contributed by atoms with E-state index in [0.717, 1.165) is 37.2 Å². The number of thioether (sulfide) groups is 2. The van der Waals surface area contributed by atoms with Crippen LogP contribution in [0.3, 0.4) is 0 Å². The second-order valence-electron chi connectivity index (χ2n) is 8.34. The highest BCUT2D eigenvalue weighted by Crippen LogP contribution is 2.17. The van der Waals surface area contributed by atoms with E-state index in [1.807, 2.05) is 36.4 Å². The third-order valence-electron chi connectivity index (χ3n) is 5.23. The first-order valence-corrected chi connectivity index (χ1v) is 14.7. The van der Waals surface area contributed by atoms with Gasteiger partial charge in [0.15, 0.2) is 22.8 Å². The van der Waals surface area contributed by atoms with E-state index in [4.69, 9.17) is 31.2 Å². The van der Waals surface area contributed by atoms with Gasteiger partial charge in [0.1, 0.15) is 0 Å². The summed E-state index contributed by atoms with van der Waals surface area (Å²) in [6, 6.07) is 20.7. The van der Waals surface area contributed by atoms with Gasteiger partial charge in [-0.1, -0.05) is 84.2 Å². The van der Waals surface area contributed by atoms with Crippen LogP contribution in [0.5, 0.6) is 0 Å². The molecule has 4 rings (SSSR count). The molecule has 6 N–H and O–H groups in total. The average molecular weight is 589 g/mol. The fourth-order valence-corrected chi connectivity index (χ4v) is 4.76. The predicted molar refractivity (Wildman–Crippen MR) is 162 cm³/mol. The number of amidine groups is 2. The number of carbonyl (C=O) groups is 2. The minimum atomic E-state index is -1.26. The smallest absolute Gasteiger partial charge is 0.328 e. The number of hydrogen-bond donors (Lipinski definition) is 4. The number of carboxylic acid groups (broad SMARTS) is 2. The van der Waals surface area contributed by atoms with E-state index in [0.29, 0.717) is 35.7 Å². The first-order chi connectivity index (χ1) is 19.3. The zero-order valence-corrected chi connectivity index (χ0v) is 23.8. The molecule has 12 heteroatoms. The Morgan fingerprint density at radius 2 is 1.12 bits per heavy atom. The van der Waals surface area contributed by atoms with Gasteiger partial charge in [-0.05, 0) is 24.0 Å². The Hall–Kier alpha value is -3.32. The summed E-state index contributed by atoms with van der Waals surface area (Å²) in [5, 5.41) is 16.9. The van der Waals surface area contributed by atoms with Crippen molar-refractivity contribution in [2.75, 3.05) is 24.7 Å². The van der Waals surface area contributed by atoms with E-state index in [-0.39, 0.29) is 12.5 Å². The second-order valence-corrected chi connectivity index (χ2v) is 10.6. The highest BCUT2D eigenvalue weighted by molar-refractivity contribution is 8.14. The van der Waals surface area contributed by atoms with Gasteiger partial charge in [-0.2, -0.15) is 0 Å². The zero-order chi connectivity index (χ0) is 29.0. The van der Waals surface area contributed by atoms with Crippen LogP contribution < -0.4 is 11.5 Å². The monoisotopic (exact) mass is 588 g/mol. The maximum atomic E-state index is 9.55. The van der Waals surface area contributed by atoms with Crippen molar-refractivity contribution in [1.29, 1.82) is 0 Å². The number of ether oxygens (including phenoxy) is 2. The lowest BCUT2D eigenvalue weighted by Gasteiger charge is -2.18. The molecule has 0 bridgehead atoms. The van der Waals surface area contributed by atoms with Crippen LogP contribution in [0, 0.1) is 0 Å². The first kappa shape index (κ1) is 32.9. The van der Waals surface area contributed by atoms with Gasteiger partial charge >= 0.3 is 11.9 Å². The largest absolute Gasteiger partial charge is 0.478 e. The number of rotatable bonds is 10. The highest BCUT2D eigenvalue weighted by atomic mass is 32.2. The number of benzene rings is 2. The van der Waals surface area contributed by atoms with Gasteiger partial charge in [-0.3, -0.25) is 0 Å². The van der Waals surface area contributed by atoms with Gasteiger partial charge < -0.3 is 31.2 Å². The van der Waals surface area contributed by atoms with Crippen LogP contribution in [0.4, 0.5) is 0 Å². The fourth-order valence-electron chi connectivity index (χ4n) is 3.31. The molecule has 216 valence electrons. The van der Waals surface area contributed by atoms with Crippen molar-refractivity contribution in [2.45, 2.75) is 38.1 Å². The third-order valence-corrected chi connectivity index (χ3v) is 6.91. The minimum absolute atomic E-state index is 0.0371. The quantitative estimate of drug-likeness (QED) is 0.300. The molecule has 2 aliphatic heterocycles. The van der Waals surface area contributed by atoms with Gasteiger partial charge in [0.25, 0.3) is 0 Å². The molecular weight excluding hydrogens is 552 g/mol. The SMILES string of the molecule is NC1=NC(OCCc2ccccc2)CCS1.NC1=NC(OCCc2ccccc2)CCS1.O=C(O)/C=C/C(=O)O. The lowest BCUT2D eigenvalue weighted by molar-refractivity contribution is -0.134. The fraction of sp³-hybridized carbons (Fsp3) is 0.357. The molecule has 0 saturated carbocycles. The van der Waals surface area contributed by atoms with Crippen molar-refractivity contribution in [2.24, 2.45) is 21.5 Å². The van der Waals surface area contributed by atoms with Crippen LogP contribution in [0.1, 0.15) is 24.0 Å². The summed E-state index contributed by atoms with van der Waals surface area (Å²) in [7, 11) is 0. The molecule has 2 aromatic rings. The van der Waals surface area contributed by atoms with Crippen LogP contribution in [-0.2, 0) is 31.9 Å². The molecule has 2 aliphatic rings. The number of hydrogen-bond acceptors (Lipinski definition) is 10. The van der Waals surface area contributed by atoms with Crippen LogP contribution in [0.25, 0.3) is 0 Å². The maximum absolute atomic E-state index is 9.55. The molecule has 2 atom stereocenters. The van der Waals surface area contributed by atoms with Crippen LogP contribution >= 0.6 is 23.5 Å². The molecule has 0 radical (unpaired) electrons. The molecule has 2 heterocycles. The van der Waals surface area contributed by atoms with E-state index in [9.17, 15) is 9.59 Å². The summed E-state index contributed by atoms with van der Waals surface area (Å²) in [5.74, 6) is -0.503. The summed E-state index contributed by atoms with van der Waals surface area (Å²) in [6.07, 6.45) is 4.82. The molecule has 0 fully saturated rings. The Bertz CT molecular complexity index is 1030. The van der Waals surface area contributed by atoms with E-state index in [2.05, 4.69) is 34.3 Å². The first-order valence-electron chi connectivity index (χ1n) is 12.7. The van der Waals surface area contributed by atoms with E-state index in [1.54, 1.807) is 23.5 Å². The van der Waals surface area contributed by atoms with E-state index < -0.39 is 11.9 Å². The Kier molecular flexibility index (Phi) is 16.2. The topological polar surface area (TPSA) is 170 Å². The van der Waals surface area contributed by atoms with Gasteiger partial charge in [-0.15, -0.1) is 0 Å². The van der Waals surface area contributed by atoms with Gasteiger partial charge in [0.2, 0.25) is 0 Å². The summed E-state index contributed by atoms with van der Waals surface area (Å²) in [6.45, 7) is 1.41. The standard InChI is InChI=1S/2C12H16N2OS.C4H4O4/c2*13-12-14-11(7-9-16-12)15-8-6-10-4-2-1-3-5-10;5-3(6)1-2-4(7)8/h2*1-5,11H,6-9H2,(H2,13,14);1-2H,(H,5,6)(H,7,8)/b;;2-1+. The summed E-state index contributed by atoms with van der Waals surface area (Å²) >= 11 is 3.20. The van der Waals surface area contributed by atoms with Crippen molar-refractivity contribution < 1.29 is 29.3 Å². The molecule has 10 nitrogen and oxygen atoms in total. The zero-order valence-electron chi connectivity index (χ0n) is 22.1. The van der Waals surface area contributed by atoms with E-state index >= 15 is 0 Å². The molecule has 0 aromatic heterocycles. The Labute approximate surface area is 242 Å². The third kappa shape index (κ3) is 15.9. The number of nitrogens with two attached hydrogens (primary N) is 2. The van der Waals surface area contributed by atoms with E-state index in [1.165, 1.54) is 11.1 Å². The van der Waals surface area contributed by atoms with Crippen molar-refractivity contribution in [1.82, 2.24) is 0 Å². The molecule has 2 unspecified atom stereocenters. The summed E-state index contributed by atoms with van der Waals surface area (Å²) in [4.78, 5) is 27.6. The van der Waals surface area contributed by atoms with Crippen molar-refractivity contribution >= 4 is 45.8 Å². The molecule has 0 aliphatic carbocycles. The van der Waals surface area contributed by atoms with Crippen LogP contribution in [-0.4, -0.2) is 69.7 Å². The summed E-state index contributed by atoms with van der Waals surface area (Å²) < 4.78 is 11.4. The summed E-state index contributed by atoms with van der Waals surface area (Å²) in [5.41, 5.74) is 13.9. The predicted octanol–water partition coefficient (Wildman–Crippen LogP) is 3.76. The molecule has 2 aromatic carbocycles. The molecule has 0 amide bonds. The molecular formula is C28H36N4O6S2. The van der Waals surface area contributed by atoms with Crippen molar-refractivity contribution in [3.05, 3.63) is 83.9 Å². The Morgan fingerprint density at radius 1 is 0.750 bits per heavy atom. The second kappa shape index (κ2) is 19.7. The highest BCUT2D eigenvalue weighted by Gasteiger charge is 2.14. The van der Waals surface area contributed by atoms with Crippen LogP contribution in [0.2, 0.25) is 0 Å². The maximum Gasteiger partial charge on any atom is 0.328 e. The molecule has 0 saturated heterocycles. The minimum Gasteiger partial charge on any atom is -0.478 e. The van der Waals surface area contributed by atoms with Gasteiger partial charge in [0.05, 0.1) is 13.2 Å². The average Bonchev–Trinajstić information content (AvgIpc) is 2.94. The molecule has 0 spiro atoms. The van der Waals surface area contributed by atoms with Gasteiger partial charge in [-0.25, -0.2) is 19.6 Å². The van der Waals surface area contributed by atoms with Crippen molar-refractivity contribution in [3.8, 4) is 0 Å². The van der Waals surface area contributed by atoms with Crippen LogP contribution in [0.15, 0.2) is 82.8 Å². The van der Waals surface area contributed by atoms with Crippen molar-refractivity contribution in [3.63, 3.8) is 0 Å². The number of aliphatic imine (C=N–C) groups is 2.